The van der Waals surface area contributed by atoms with Gasteiger partial charge in [-0.1, -0.05) is 13.8 Å². The molecule has 1 heterocycles. The van der Waals surface area contributed by atoms with Crippen LogP contribution in [0.1, 0.15) is 40.0 Å². The van der Waals surface area contributed by atoms with Gasteiger partial charge < -0.3 is 15.3 Å². The van der Waals surface area contributed by atoms with Crippen LogP contribution in [0.4, 0.5) is 4.79 Å². The topological polar surface area (TPSA) is 69.6 Å². The number of piperidine rings is 1. The maximum Gasteiger partial charge on any atom is 0.317 e. The number of rotatable bonds is 4. The number of aliphatic carboxylic acids is 1. The minimum absolute atomic E-state index is 0.0154. The minimum Gasteiger partial charge on any atom is -0.481 e. The Morgan fingerprint density at radius 2 is 2.06 bits per heavy atom. The number of hydrogen-bond donors (Lipinski definition) is 2. The van der Waals surface area contributed by atoms with E-state index in [1.807, 2.05) is 25.7 Å². The monoisotopic (exact) mass is 256 g/mol. The molecule has 1 aliphatic heterocycles. The van der Waals surface area contributed by atoms with Crippen LogP contribution in [0, 0.1) is 11.8 Å². The highest BCUT2D eigenvalue weighted by atomic mass is 16.4. The van der Waals surface area contributed by atoms with Crippen molar-refractivity contribution in [1.82, 2.24) is 10.2 Å². The molecule has 0 aromatic carbocycles. The van der Waals surface area contributed by atoms with E-state index in [0.717, 1.165) is 25.8 Å². The van der Waals surface area contributed by atoms with Crippen LogP contribution in [0.3, 0.4) is 0 Å². The molecule has 18 heavy (non-hydrogen) atoms. The van der Waals surface area contributed by atoms with E-state index in [1.165, 1.54) is 0 Å². The molecule has 0 spiro atoms. The second kappa shape index (κ2) is 6.61. The van der Waals surface area contributed by atoms with Crippen molar-refractivity contribution in [3.63, 3.8) is 0 Å². The third-order valence-electron chi connectivity index (χ3n) is 3.66. The van der Waals surface area contributed by atoms with E-state index in [1.54, 1.807) is 0 Å². The van der Waals surface area contributed by atoms with Crippen molar-refractivity contribution in [3.05, 3.63) is 0 Å². The van der Waals surface area contributed by atoms with Crippen molar-refractivity contribution in [1.29, 1.82) is 0 Å². The Bertz CT molecular complexity index is 305. The molecule has 2 amide bonds. The van der Waals surface area contributed by atoms with Crippen LogP contribution >= 0.6 is 0 Å². The highest BCUT2D eigenvalue weighted by molar-refractivity contribution is 5.76. The molecule has 2 atom stereocenters. The summed E-state index contributed by atoms with van der Waals surface area (Å²) in [5.74, 6) is -1.35. The molecule has 1 fully saturated rings. The van der Waals surface area contributed by atoms with E-state index >= 15 is 0 Å². The van der Waals surface area contributed by atoms with E-state index in [9.17, 15) is 9.59 Å². The van der Waals surface area contributed by atoms with E-state index < -0.39 is 11.9 Å². The zero-order chi connectivity index (χ0) is 13.7. The van der Waals surface area contributed by atoms with E-state index in [4.69, 9.17) is 5.11 Å². The lowest BCUT2D eigenvalue weighted by Crippen LogP contribution is -2.49. The summed E-state index contributed by atoms with van der Waals surface area (Å²) in [6, 6.07) is 0.121. The first-order chi connectivity index (χ1) is 8.43. The maximum atomic E-state index is 12.0. The summed E-state index contributed by atoms with van der Waals surface area (Å²) in [5, 5.41) is 11.8. The molecule has 0 saturated carbocycles. The zero-order valence-corrected chi connectivity index (χ0v) is 11.5. The number of hydrogen-bond acceptors (Lipinski definition) is 2. The fourth-order valence-corrected chi connectivity index (χ4v) is 2.31. The predicted octanol–water partition coefficient (Wildman–Crippen LogP) is 1.93. The summed E-state index contributed by atoms with van der Waals surface area (Å²) >= 11 is 0. The van der Waals surface area contributed by atoms with Crippen molar-refractivity contribution in [2.75, 3.05) is 13.1 Å². The molecule has 0 aliphatic carbocycles. The first-order valence-electron chi connectivity index (χ1n) is 6.70. The average Bonchev–Trinajstić information content (AvgIpc) is 2.28. The number of carbonyl (C=O) groups is 2. The predicted molar refractivity (Wildman–Crippen MR) is 69.4 cm³/mol. The summed E-state index contributed by atoms with van der Waals surface area (Å²) in [6.07, 6.45) is 3.22. The van der Waals surface area contributed by atoms with Gasteiger partial charge in [0.2, 0.25) is 0 Å². The Morgan fingerprint density at radius 1 is 1.39 bits per heavy atom. The lowest BCUT2D eigenvalue weighted by Gasteiger charge is -2.33. The smallest absolute Gasteiger partial charge is 0.317 e. The van der Waals surface area contributed by atoms with Crippen molar-refractivity contribution in [2.24, 2.45) is 11.8 Å². The van der Waals surface area contributed by atoms with Gasteiger partial charge in [0.25, 0.3) is 0 Å². The number of amides is 2. The first kappa shape index (κ1) is 14.8. The van der Waals surface area contributed by atoms with Gasteiger partial charge in [-0.15, -0.1) is 0 Å². The summed E-state index contributed by atoms with van der Waals surface area (Å²) in [7, 11) is 0. The Kier molecular flexibility index (Phi) is 5.44. The highest BCUT2D eigenvalue weighted by Crippen LogP contribution is 2.16. The molecule has 0 radical (unpaired) electrons. The SMILES string of the molecule is CC(C)C(CNC(=O)N1CCCCC1C)C(=O)O. The van der Waals surface area contributed by atoms with Crippen molar-refractivity contribution >= 4 is 12.0 Å². The molecule has 0 aromatic heterocycles. The number of nitrogens with one attached hydrogen (secondary N) is 1. The standard InChI is InChI=1S/C13H24N2O3/c1-9(2)11(12(16)17)8-14-13(18)15-7-5-4-6-10(15)3/h9-11H,4-8H2,1-3H3,(H,14,18)(H,16,17). The fraction of sp³-hybridized carbons (Fsp3) is 0.846. The van der Waals surface area contributed by atoms with Crippen LogP contribution in [0.5, 0.6) is 0 Å². The molecule has 1 aliphatic rings. The number of urea groups is 1. The summed E-state index contributed by atoms with van der Waals surface area (Å²) in [4.78, 5) is 24.8. The number of nitrogens with zero attached hydrogens (tertiary/aromatic N) is 1. The summed E-state index contributed by atoms with van der Waals surface area (Å²) in [6.45, 7) is 6.72. The Hall–Kier alpha value is -1.26. The van der Waals surface area contributed by atoms with Crippen LogP contribution in [0.25, 0.3) is 0 Å². The van der Waals surface area contributed by atoms with Crippen molar-refractivity contribution < 1.29 is 14.7 Å². The normalized spacial score (nSPS) is 21.8. The van der Waals surface area contributed by atoms with E-state index in [-0.39, 0.29) is 24.5 Å². The van der Waals surface area contributed by atoms with Gasteiger partial charge in [0.15, 0.2) is 0 Å². The minimum atomic E-state index is -0.850. The molecule has 5 heteroatoms. The maximum absolute atomic E-state index is 12.0. The van der Waals surface area contributed by atoms with Crippen LogP contribution in [0.2, 0.25) is 0 Å². The van der Waals surface area contributed by atoms with Gasteiger partial charge in [-0.25, -0.2) is 4.79 Å². The molecule has 2 unspecified atom stereocenters. The number of carboxylic acids is 1. The molecule has 0 aromatic rings. The van der Waals surface area contributed by atoms with Gasteiger partial charge in [0.1, 0.15) is 0 Å². The lowest BCUT2D eigenvalue weighted by atomic mass is 9.96. The summed E-state index contributed by atoms with van der Waals surface area (Å²) < 4.78 is 0. The molecular weight excluding hydrogens is 232 g/mol. The van der Waals surface area contributed by atoms with Gasteiger partial charge in [-0.2, -0.15) is 0 Å². The van der Waals surface area contributed by atoms with Crippen LogP contribution < -0.4 is 5.32 Å². The molecular formula is C13H24N2O3. The average molecular weight is 256 g/mol. The number of carbonyl (C=O) groups excluding carboxylic acids is 1. The van der Waals surface area contributed by atoms with E-state index in [2.05, 4.69) is 5.32 Å². The Balaban J connectivity index is 2.46. The molecule has 1 saturated heterocycles. The molecule has 0 bridgehead atoms. The molecule has 5 nitrogen and oxygen atoms in total. The van der Waals surface area contributed by atoms with Crippen LogP contribution in [-0.2, 0) is 4.79 Å². The van der Waals surface area contributed by atoms with Crippen molar-refractivity contribution in [3.8, 4) is 0 Å². The molecule has 104 valence electrons. The van der Waals surface area contributed by atoms with Gasteiger partial charge in [-0.3, -0.25) is 4.79 Å². The number of carboxylic acid groups (broad SMARTS) is 1. The summed E-state index contributed by atoms with van der Waals surface area (Å²) in [5.41, 5.74) is 0. The highest BCUT2D eigenvalue weighted by Gasteiger charge is 2.26. The van der Waals surface area contributed by atoms with Crippen LogP contribution in [-0.4, -0.2) is 41.1 Å². The Morgan fingerprint density at radius 3 is 2.56 bits per heavy atom. The van der Waals surface area contributed by atoms with Crippen LogP contribution in [0.15, 0.2) is 0 Å². The third kappa shape index (κ3) is 3.89. The van der Waals surface area contributed by atoms with Gasteiger partial charge in [0, 0.05) is 19.1 Å². The van der Waals surface area contributed by atoms with E-state index in [0.29, 0.717) is 0 Å². The quantitative estimate of drug-likeness (QED) is 0.807. The van der Waals surface area contributed by atoms with Crippen molar-refractivity contribution in [2.45, 2.75) is 46.1 Å². The fourth-order valence-electron chi connectivity index (χ4n) is 2.31. The largest absolute Gasteiger partial charge is 0.481 e. The molecule has 1 rings (SSSR count). The Labute approximate surface area is 109 Å². The third-order valence-corrected chi connectivity index (χ3v) is 3.66. The van der Waals surface area contributed by atoms with Gasteiger partial charge in [0.05, 0.1) is 5.92 Å². The first-order valence-corrected chi connectivity index (χ1v) is 6.70. The lowest BCUT2D eigenvalue weighted by molar-refractivity contribution is -0.142. The van der Waals surface area contributed by atoms with Gasteiger partial charge >= 0.3 is 12.0 Å². The second-order valence-corrected chi connectivity index (χ2v) is 5.41. The van der Waals surface area contributed by atoms with Gasteiger partial charge in [-0.05, 0) is 32.1 Å². The molecule has 2 N–H and O–H groups in total. The second-order valence-electron chi connectivity index (χ2n) is 5.41. The number of likely N-dealkylation sites (tertiary alicyclic amines) is 1. The zero-order valence-electron chi connectivity index (χ0n) is 11.5.